The standard InChI is InChI=1S/C21H20N7O7S2/c1-11-8-17(27-28-19-10-14(36(30,31)32)4-6-20(19)37(33,34)35)12(2)7-16(11)26-25-15-5-3-13(22)9-18(15)24-21(23)29/h3-10,22H,1-2H3,(H3,23,24,29)(H,30,31,32)(H,33,34,35)/b26-25+,28-27+. The molecule has 16 heteroatoms. The maximum atomic E-state index is 11.7. The summed E-state index contributed by atoms with van der Waals surface area (Å²) in [5, 5.41) is 18.4. The maximum absolute atomic E-state index is 11.7. The van der Waals surface area contributed by atoms with Gasteiger partial charge in [-0.25, -0.2) is 4.79 Å². The number of nitrogens with zero attached hydrogens (tertiary/aromatic N) is 4. The van der Waals surface area contributed by atoms with E-state index in [1.165, 1.54) is 18.2 Å². The zero-order chi connectivity index (χ0) is 27.5. The minimum absolute atomic E-state index is 0.128. The molecule has 37 heavy (non-hydrogen) atoms. The van der Waals surface area contributed by atoms with E-state index in [1.54, 1.807) is 26.0 Å². The van der Waals surface area contributed by atoms with Crippen LogP contribution in [-0.2, 0) is 20.2 Å². The first-order valence-corrected chi connectivity index (χ1v) is 13.0. The van der Waals surface area contributed by atoms with Crippen molar-refractivity contribution in [1.29, 1.82) is 0 Å². The van der Waals surface area contributed by atoms with Crippen LogP contribution in [0.5, 0.6) is 0 Å². The topological polar surface area (TPSA) is 237 Å². The van der Waals surface area contributed by atoms with Crippen LogP contribution >= 0.6 is 0 Å². The van der Waals surface area contributed by atoms with Crippen LogP contribution in [0.4, 0.5) is 38.9 Å². The molecule has 14 nitrogen and oxygen atoms in total. The molecule has 2 amide bonds. The van der Waals surface area contributed by atoms with Gasteiger partial charge in [-0.1, -0.05) is 0 Å². The third kappa shape index (κ3) is 6.91. The lowest BCUT2D eigenvalue weighted by molar-refractivity contribution is 0.259. The number of carbonyl (C=O) groups excluding carboxylic acids is 1. The first-order valence-electron chi connectivity index (χ1n) is 10.1. The van der Waals surface area contributed by atoms with Crippen LogP contribution in [0, 0.1) is 13.8 Å². The summed E-state index contributed by atoms with van der Waals surface area (Å²) in [4.78, 5) is 9.88. The van der Waals surface area contributed by atoms with E-state index in [1.807, 2.05) is 0 Å². The van der Waals surface area contributed by atoms with Crippen LogP contribution in [0.3, 0.4) is 0 Å². The van der Waals surface area contributed by atoms with Gasteiger partial charge in [-0.2, -0.15) is 27.1 Å². The number of azo groups is 2. The number of carbonyl (C=O) groups is 1. The molecule has 0 fully saturated rings. The van der Waals surface area contributed by atoms with Gasteiger partial charge in [0.2, 0.25) is 0 Å². The SMILES string of the molecule is Cc1cc(/N=N/c2cc(S(=O)(=O)O)ccc2S(=O)(=O)O)c(C)cc1/N=N/c1ccc([NH])cc1NC(N)=O. The highest BCUT2D eigenvalue weighted by atomic mass is 32.2. The molecule has 193 valence electrons. The van der Waals surface area contributed by atoms with Crippen LogP contribution in [0.2, 0.25) is 0 Å². The zero-order valence-electron chi connectivity index (χ0n) is 19.2. The van der Waals surface area contributed by atoms with Gasteiger partial charge in [0.05, 0.1) is 27.6 Å². The number of nitrogens with two attached hydrogens (primary N) is 1. The average molecular weight is 547 g/mol. The molecule has 6 N–H and O–H groups in total. The molecule has 0 aliphatic carbocycles. The lowest BCUT2D eigenvalue weighted by atomic mass is 10.1. The van der Waals surface area contributed by atoms with Crippen LogP contribution in [0.25, 0.3) is 0 Å². The van der Waals surface area contributed by atoms with E-state index in [0.29, 0.717) is 16.8 Å². The molecule has 0 aliphatic rings. The van der Waals surface area contributed by atoms with Gasteiger partial charge in [0.15, 0.2) is 0 Å². The highest BCUT2D eigenvalue weighted by molar-refractivity contribution is 7.86. The minimum Gasteiger partial charge on any atom is -0.351 e. The molecule has 0 aromatic heterocycles. The Kier molecular flexibility index (Phi) is 7.68. The smallest absolute Gasteiger partial charge is 0.316 e. The molecular formula is C21H20N7O7S2. The van der Waals surface area contributed by atoms with Crippen molar-refractivity contribution in [1.82, 2.24) is 5.73 Å². The number of amides is 2. The van der Waals surface area contributed by atoms with Gasteiger partial charge in [0.1, 0.15) is 16.3 Å². The van der Waals surface area contributed by atoms with E-state index >= 15 is 0 Å². The first-order chi connectivity index (χ1) is 17.1. The number of hydrogen-bond acceptors (Lipinski definition) is 9. The van der Waals surface area contributed by atoms with Crippen molar-refractivity contribution in [2.75, 3.05) is 5.32 Å². The molecule has 3 rings (SSSR count). The van der Waals surface area contributed by atoms with Crippen LogP contribution in [0.15, 0.2) is 78.8 Å². The molecule has 0 bridgehead atoms. The molecule has 0 saturated heterocycles. The molecule has 3 aromatic rings. The van der Waals surface area contributed by atoms with Crippen molar-refractivity contribution in [3.05, 3.63) is 59.7 Å². The fourth-order valence-electron chi connectivity index (χ4n) is 3.03. The summed E-state index contributed by atoms with van der Waals surface area (Å²) in [6.45, 7) is 3.34. The Morgan fingerprint density at radius 2 is 1.32 bits per heavy atom. The molecule has 0 atom stereocenters. The summed E-state index contributed by atoms with van der Waals surface area (Å²) in [6.07, 6.45) is 0. The fraction of sp³-hybridized carbons (Fsp3) is 0.0952. The lowest BCUT2D eigenvalue weighted by Gasteiger charge is -2.07. The summed E-state index contributed by atoms with van der Waals surface area (Å²) in [5.41, 5.74) is 14.7. The number of nitrogens with one attached hydrogen (secondary N) is 2. The Morgan fingerprint density at radius 3 is 1.84 bits per heavy atom. The number of benzene rings is 3. The Labute approximate surface area is 211 Å². The number of primary amides is 1. The van der Waals surface area contributed by atoms with Crippen molar-refractivity contribution in [3.63, 3.8) is 0 Å². The Bertz CT molecular complexity index is 1670. The van der Waals surface area contributed by atoms with E-state index in [-0.39, 0.29) is 22.7 Å². The number of hydrogen-bond donors (Lipinski definition) is 4. The summed E-state index contributed by atoms with van der Waals surface area (Å²) >= 11 is 0. The Morgan fingerprint density at radius 1 is 0.784 bits per heavy atom. The Balaban J connectivity index is 1.98. The van der Waals surface area contributed by atoms with Gasteiger partial charge in [-0.15, -0.1) is 10.2 Å². The highest BCUT2D eigenvalue weighted by Crippen LogP contribution is 2.34. The molecule has 3 aromatic carbocycles. The van der Waals surface area contributed by atoms with Crippen molar-refractivity contribution in [2.45, 2.75) is 23.6 Å². The van der Waals surface area contributed by atoms with Gasteiger partial charge in [-0.3, -0.25) is 9.11 Å². The van der Waals surface area contributed by atoms with Gasteiger partial charge < -0.3 is 16.8 Å². The van der Waals surface area contributed by atoms with Crippen molar-refractivity contribution in [3.8, 4) is 0 Å². The van der Waals surface area contributed by atoms with Crippen molar-refractivity contribution in [2.24, 2.45) is 26.2 Å². The number of rotatable bonds is 7. The molecule has 0 unspecified atom stereocenters. The third-order valence-corrected chi connectivity index (χ3v) is 6.56. The number of urea groups is 1. The summed E-state index contributed by atoms with van der Waals surface area (Å²) < 4.78 is 64.8. The van der Waals surface area contributed by atoms with E-state index in [9.17, 15) is 30.7 Å². The maximum Gasteiger partial charge on any atom is 0.316 e. The van der Waals surface area contributed by atoms with Crippen molar-refractivity contribution < 1.29 is 30.7 Å². The lowest BCUT2D eigenvalue weighted by Crippen LogP contribution is -2.19. The monoisotopic (exact) mass is 546 g/mol. The second-order valence-electron chi connectivity index (χ2n) is 7.63. The van der Waals surface area contributed by atoms with Gasteiger partial charge in [-0.05, 0) is 73.5 Å². The first kappa shape index (κ1) is 27.3. The average Bonchev–Trinajstić information content (AvgIpc) is 2.77. The molecule has 0 saturated carbocycles. The summed E-state index contributed by atoms with van der Waals surface area (Å²) in [7, 11) is -9.45. The summed E-state index contributed by atoms with van der Waals surface area (Å²) in [5.74, 6) is 0. The fourth-order valence-corrected chi connectivity index (χ4v) is 4.13. The molecule has 0 heterocycles. The molecule has 0 spiro atoms. The van der Waals surface area contributed by atoms with Crippen LogP contribution < -0.4 is 16.8 Å². The third-order valence-electron chi connectivity index (χ3n) is 4.81. The largest absolute Gasteiger partial charge is 0.351 e. The van der Waals surface area contributed by atoms with Crippen LogP contribution in [-0.4, -0.2) is 32.0 Å². The predicted molar refractivity (Wildman–Crippen MR) is 133 cm³/mol. The minimum atomic E-state index is -4.78. The number of aryl methyl sites for hydroxylation is 2. The van der Waals surface area contributed by atoms with Gasteiger partial charge >= 0.3 is 6.03 Å². The quantitative estimate of drug-likeness (QED) is 0.232. The summed E-state index contributed by atoms with van der Waals surface area (Å²) in [6, 6.07) is 8.97. The second kappa shape index (κ2) is 10.4. The van der Waals surface area contributed by atoms with E-state index in [0.717, 1.165) is 18.2 Å². The molecular weight excluding hydrogens is 526 g/mol. The second-order valence-corrected chi connectivity index (χ2v) is 10.4. The highest BCUT2D eigenvalue weighted by Gasteiger charge is 2.20. The van der Waals surface area contributed by atoms with Gasteiger partial charge in [0, 0.05) is 0 Å². The van der Waals surface area contributed by atoms with Crippen molar-refractivity contribution >= 4 is 60.4 Å². The molecule has 1 radical (unpaired) electrons. The predicted octanol–water partition coefficient (Wildman–Crippen LogP) is 5.03. The van der Waals surface area contributed by atoms with E-state index in [2.05, 4.69) is 25.8 Å². The molecule has 0 aliphatic heterocycles. The van der Waals surface area contributed by atoms with E-state index < -0.39 is 41.7 Å². The van der Waals surface area contributed by atoms with E-state index in [4.69, 9.17) is 11.5 Å². The zero-order valence-corrected chi connectivity index (χ0v) is 20.9. The normalized spacial score (nSPS) is 12.3. The van der Waals surface area contributed by atoms with Crippen LogP contribution in [0.1, 0.15) is 11.1 Å². The number of anilines is 1. The van der Waals surface area contributed by atoms with Gasteiger partial charge in [0.25, 0.3) is 20.2 Å². The Hall–Kier alpha value is -4.25.